The highest BCUT2D eigenvalue weighted by atomic mass is 35.5. The highest BCUT2D eigenvalue weighted by Crippen LogP contribution is 2.28. The number of anilines is 1. The summed E-state index contributed by atoms with van der Waals surface area (Å²) in [6.07, 6.45) is -0.939. The first kappa shape index (κ1) is 30.9. The molecule has 12 nitrogen and oxygen atoms in total. The molecule has 42 heavy (non-hydrogen) atoms. The number of hydrogen-bond acceptors (Lipinski definition) is 10. The molecule has 1 aliphatic rings. The standard InChI is InChI=1S/C28H29ClN4O8S/c1-16(41-14-17-4-8-19(29)9-5-17)23(24(34)32-27-30-21(15-42-27)26(36)39-3)33-25(35)22(31-28(33)37)18-6-10-20(11-7-18)40-13-12-38-2/h4-11,15-16,22-23H,12-14H2,1-3H3,(H,31,37)(H,30,32,34)/t16-,22-,23+/m1/s1. The molecule has 4 amide bonds. The van der Waals surface area contributed by atoms with Crippen LogP contribution in [-0.2, 0) is 30.4 Å². The molecule has 14 heteroatoms. The van der Waals surface area contributed by atoms with Crippen molar-refractivity contribution in [3.63, 3.8) is 0 Å². The summed E-state index contributed by atoms with van der Waals surface area (Å²) in [5, 5.41) is 7.31. The Hall–Kier alpha value is -4.04. The normalized spacial score (nSPS) is 16.1. The van der Waals surface area contributed by atoms with E-state index in [0.717, 1.165) is 21.8 Å². The monoisotopic (exact) mass is 616 g/mol. The van der Waals surface area contributed by atoms with Gasteiger partial charge in [0.05, 0.1) is 26.4 Å². The lowest BCUT2D eigenvalue weighted by atomic mass is 10.1. The van der Waals surface area contributed by atoms with Crippen LogP contribution in [-0.4, -0.2) is 73.3 Å². The van der Waals surface area contributed by atoms with Gasteiger partial charge in [-0.05, 0) is 42.3 Å². The van der Waals surface area contributed by atoms with Crippen LogP contribution >= 0.6 is 22.9 Å². The van der Waals surface area contributed by atoms with Crippen LogP contribution in [0.2, 0.25) is 5.02 Å². The Morgan fingerprint density at radius 3 is 2.48 bits per heavy atom. The van der Waals surface area contributed by atoms with Gasteiger partial charge < -0.3 is 29.6 Å². The van der Waals surface area contributed by atoms with Crippen LogP contribution in [0, 0.1) is 0 Å². The van der Waals surface area contributed by atoms with E-state index in [1.807, 2.05) is 0 Å². The molecule has 2 aromatic carbocycles. The summed E-state index contributed by atoms with van der Waals surface area (Å²) >= 11 is 6.96. The number of methoxy groups -OCH3 is 2. The minimum Gasteiger partial charge on any atom is -0.491 e. The molecule has 2 N–H and O–H groups in total. The number of esters is 1. The molecule has 0 saturated carbocycles. The van der Waals surface area contributed by atoms with Crippen LogP contribution < -0.4 is 15.4 Å². The number of rotatable bonds is 13. The van der Waals surface area contributed by atoms with E-state index in [4.69, 9.17) is 25.8 Å². The lowest BCUT2D eigenvalue weighted by Crippen LogP contribution is -2.53. The molecule has 1 aromatic heterocycles. The molecule has 0 bridgehead atoms. The van der Waals surface area contributed by atoms with Crippen LogP contribution in [0.15, 0.2) is 53.9 Å². The molecule has 0 aliphatic carbocycles. The summed E-state index contributed by atoms with van der Waals surface area (Å²) in [7, 11) is 2.78. The van der Waals surface area contributed by atoms with Crippen molar-refractivity contribution in [2.75, 3.05) is 32.8 Å². The third-order valence-corrected chi connectivity index (χ3v) is 7.30. The van der Waals surface area contributed by atoms with Gasteiger partial charge in [0.1, 0.15) is 24.4 Å². The Morgan fingerprint density at radius 2 is 1.81 bits per heavy atom. The molecule has 0 radical (unpaired) electrons. The summed E-state index contributed by atoms with van der Waals surface area (Å²) in [5.74, 6) is -1.46. The third kappa shape index (κ3) is 7.42. The van der Waals surface area contributed by atoms with E-state index in [-0.39, 0.29) is 17.4 Å². The number of thiazole rings is 1. The minimum atomic E-state index is -1.38. The summed E-state index contributed by atoms with van der Waals surface area (Å²) < 4.78 is 21.2. The average Bonchev–Trinajstić information content (AvgIpc) is 3.57. The first-order chi connectivity index (χ1) is 20.2. The number of carbonyl (C=O) groups is 4. The largest absolute Gasteiger partial charge is 0.491 e. The van der Waals surface area contributed by atoms with Crippen LogP contribution in [0.4, 0.5) is 9.93 Å². The number of ether oxygens (including phenoxy) is 4. The first-order valence-electron chi connectivity index (χ1n) is 12.8. The fourth-order valence-electron chi connectivity index (χ4n) is 4.13. The van der Waals surface area contributed by atoms with Gasteiger partial charge in [0.2, 0.25) is 0 Å². The second kappa shape index (κ2) is 14.2. The molecule has 1 saturated heterocycles. The summed E-state index contributed by atoms with van der Waals surface area (Å²) in [6.45, 7) is 2.44. The van der Waals surface area contributed by atoms with Gasteiger partial charge in [0, 0.05) is 17.5 Å². The summed E-state index contributed by atoms with van der Waals surface area (Å²) in [4.78, 5) is 57.1. The van der Waals surface area contributed by atoms with E-state index in [1.165, 1.54) is 12.5 Å². The zero-order valence-corrected chi connectivity index (χ0v) is 24.6. The Labute approximate surface area is 250 Å². The zero-order chi connectivity index (χ0) is 30.2. The minimum absolute atomic E-state index is 0.00564. The lowest BCUT2D eigenvalue weighted by Gasteiger charge is -2.29. The number of carbonyl (C=O) groups excluding carboxylic acids is 4. The molecule has 1 fully saturated rings. The summed E-state index contributed by atoms with van der Waals surface area (Å²) in [6, 6.07) is 10.4. The molecule has 4 rings (SSSR count). The van der Waals surface area contributed by atoms with Gasteiger partial charge >= 0.3 is 12.0 Å². The Morgan fingerprint density at radius 1 is 1.10 bits per heavy atom. The Bertz CT molecular complexity index is 1420. The van der Waals surface area contributed by atoms with Crippen molar-refractivity contribution in [2.24, 2.45) is 0 Å². The number of nitrogens with zero attached hydrogens (tertiary/aromatic N) is 2. The number of benzene rings is 2. The Kier molecular flexibility index (Phi) is 10.5. The molecule has 3 aromatic rings. The number of amides is 4. The van der Waals surface area contributed by atoms with E-state index in [1.54, 1.807) is 62.6 Å². The smallest absolute Gasteiger partial charge is 0.357 e. The van der Waals surface area contributed by atoms with Crippen LogP contribution in [0.1, 0.15) is 34.6 Å². The van der Waals surface area contributed by atoms with Gasteiger partial charge in [-0.2, -0.15) is 0 Å². The molecule has 222 valence electrons. The quantitative estimate of drug-likeness (QED) is 0.166. The van der Waals surface area contributed by atoms with Crippen LogP contribution in [0.3, 0.4) is 0 Å². The maximum atomic E-state index is 13.6. The molecular weight excluding hydrogens is 588 g/mol. The molecule has 0 spiro atoms. The fourth-order valence-corrected chi connectivity index (χ4v) is 4.94. The van der Waals surface area contributed by atoms with Gasteiger partial charge in [-0.25, -0.2) is 19.5 Å². The van der Waals surface area contributed by atoms with Gasteiger partial charge in [-0.3, -0.25) is 9.59 Å². The Balaban J connectivity index is 1.55. The number of halogens is 1. The van der Waals surface area contributed by atoms with E-state index in [2.05, 4.69) is 20.4 Å². The summed E-state index contributed by atoms with van der Waals surface area (Å²) in [5.41, 5.74) is 1.29. The van der Waals surface area contributed by atoms with Gasteiger partial charge in [-0.1, -0.05) is 35.9 Å². The maximum Gasteiger partial charge on any atom is 0.357 e. The second-order valence-corrected chi connectivity index (χ2v) is 10.4. The van der Waals surface area contributed by atoms with Gasteiger partial charge in [0.25, 0.3) is 11.8 Å². The van der Waals surface area contributed by atoms with Crippen molar-refractivity contribution in [1.82, 2.24) is 15.2 Å². The molecular formula is C28H29ClN4O8S. The molecule has 1 aliphatic heterocycles. The molecule has 2 heterocycles. The number of imide groups is 1. The van der Waals surface area contributed by atoms with E-state index < -0.39 is 42.0 Å². The van der Waals surface area contributed by atoms with Gasteiger partial charge in [-0.15, -0.1) is 11.3 Å². The number of nitrogens with one attached hydrogen (secondary N) is 2. The molecule has 3 atom stereocenters. The van der Waals surface area contributed by atoms with Crippen molar-refractivity contribution < 1.29 is 38.1 Å². The number of aromatic nitrogens is 1. The zero-order valence-electron chi connectivity index (χ0n) is 23.0. The van der Waals surface area contributed by atoms with Crippen molar-refractivity contribution in [3.8, 4) is 5.75 Å². The highest BCUT2D eigenvalue weighted by Gasteiger charge is 2.47. The SMILES string of the molecule is COCCOc1ccc([C@H]2NC(=O)N([C@H](C(=O)Nc3nc(C(=O)OC)cs3)[C@@H](C)OCc3ccc(Cl)cc3)C2=O)cc1. The lowest BCUT2D eigenvalue weighted by molar-refractivity contribution is -0.139. The predicted octanol–water partition coefficient (Wildman–Crippen LogP) is 3.81. The van der Waals surface area contributed by atoms with Crippen molar-refractivity contribution in [1.29, 1.82) is 0 Å². The second-order valence-electron chi connectivity index (χ2n) is 9.11. The van der Waals surface area contributed by atoms with Crippen LogP contribution in [0.5, 0.6) is 5.75 Å². The van der Waals surface area contributed by atoms with Crippen molar-refractivity contribution in [3.05, 3.63) is 75.8 Å². The molecule has 0 unspecified atom stereocenters. The fraction of sp³-hybridized carbons (Fsp3) is 0.321. The number of hydrogen-bond donors (Lipinski definition) is 2. The van der Waals surface area contributed by atoms with Crippen molar-refractivity contribution in [2.45, 2.75) is 31.7 Å². The third-order valence-electron chi connectivity index (χ3n) is 6.29. The highest BCUT2D eigenvalue weighted by molar-refractivity contribution is 7.14. The maximum absolute atomic E-state index is 13.6. The first-order valence-corrected chi connectivity index (χ1v) is 14.0. The van der Waals surface area contributed by atoms with E-state index in [0.29, 0.717) is 29.5 Å². The predicted molar refractivity (Wildman–Crippen MR) is 154 cm³/mol. The van der Waals surface area contributed by atoms with Crippen LogP contribution in [0.25, 0.3) is 0 Å². The van der Waals surface area contributed by atoms with Gasteiger partial charge in [0.15, 0.2) is 10.8 Å². The average molecular weight is 617 g/mol. The van der Waals surface area contributed by atoms with E-state index in [9.17, 15) is 19.2 Å². The topological polar surface area (TPSA) is 145 Å². The van der Waals surface area contributed by atoms with E-state index >= 15 is 0 Å². The van der Waals surface area contributed by atoms with Crippen molar-refractivity contribution >= 4 is 51.9 Å². The number of urea groups is 1.